The number of nitrogens with one attached hydrogen (secondary N) is 3. The third-order valence-corrected chi connectivity index (χ3v) is 6.46. The Morgan fingerprint density at radius 2 is 1.85 bits per heavy atom. The minimum absolute atomic E-state index is 0.189. The number of fused-ring (bicyclic) bond motifs is 1. The van der Waals surface area contributed by atoms with Gasteiger partial charge in [0.25, 0.3) is 5.91 Å². The van der Waals surface area contributed by atoms with Crippen molar-refractivity contribution in [2.24, 2.45) is 0 Å². The van der Waals surface area contributed by atoms with Gasteiger partial charge in [0.1, 0.15) is 0 Å². The first-order valence-corrected chi connectivity index (χ1v) is 11.8. The number of carbonyl (C=O) groups is 2. The van der Waals surface area contributed by atoms with E-state index in [9.17, 15) is 14.7 Å². The molecule has 9 heteroatoms. The fourth-order valence-electron chi connectivity index (χ4n) is 3.47. The van der Waals surface area contributed by atoms with Gasteiger partial charge in [0.05, 0.1) is 33.6 Å². The van der Waals surface area contributed by atoms with E-state index in [2.05, 4.69) is 20.9 Å². The molecule has 0 saturated heterocycles. The van der Waals surface area contributed by atoms with Crippen LogP contribution in [0.1, 0.15) is 21.5 Å². The molecule has 1 aromatic heterocycles. The van der Waals surface area contributed by atoms with Crippen LogP contribution in [0.2, 0.25) is 5.02 Å². The number of aryl methyl sites for hydroxylation is 1. The van der Waals surface area contributed by atoms with E-state index in [0.717, 1.165) is 15.8 Å². The number of carbonyl (C=O) groups excluding carboxylic acids is 2. The highest BCUT2D eigenvalue weighted by Gasteiger charge is 2.16. The zero-order chi connectivity index (χ0) is 24.1. The number of aliphatic hydroxyl groups excluding tert-OH is 1. The van der Waals surface area contributed by atoms with Crippen LogP contribution in [0.25, 0.3) is 10.2 Å². The van der Waals surface area contributed by atoms with Gasteiger partial charge in [-0.25, -0.2) is 9.78 Å². The van der Waals surface area contributed by atoms with Crippen molar-refractivity contribution in [3.8, 4) is 0 Å². The number of hydrogen-bond donors (Lipinski definition) is 4. The minimum Gasteiger partial charge on any atom is -0.394 e. The number of rotatable bonds is 7. The van der Waals surface area contributed by atoms with E-state index in [0.29, 0.717) is 33.3 Å². The highest BCUT2D eigenvalue weighted by molar-refractivity contribution is 7.22. The molecule has 4 rings (SSSR count). The van der Waals surface area contributed by atoms with E-state index in [-0.39, 0.29) is 12.5 Å². The summed E-state index contributed by atoms with van der Waals surface area (Å²) in [5.41, 5.74) is 3.57. The molecular formula is C25H23ClN4O3S. The van der Waals surface area contributed by atoms with E-state index in [1.165, 1.54) is 11.3 Å². The summed E-state index contributed by atoms with van der Waals surface area (Å²) >= 11 is 7.47. The van der Waals surface area contributed by atoms with Crippen LogP contribution in [0.3, 0.4) is 0 Å². The topological polar surface area (TPSA) is 103 Å². The van der Waals surface area contributed by atoms with Crippen LogP contribution in [-0.2, 0) is 6.42 Å². The average molecular weight is 495 g/mol. The largest absolute Gasteiger partial charge is 0.394 e. The molecule has 34 heavy (non-hydrogen) atoms. The standard InChI is InChI=1S/C25H23ClN4O3S/c1-15-6-5-9-19(26)22(15)29-23(32)17-10-11-20-21(13-17)34-25(28-20)30-24(33)27-18(14-31)12-16-7-3-2-4-8-16/h2-11,13,18,31H,12,14H2,1H3,(H,29,32)(H2,27,28,30,33). The second-order valence-electron chi connectivity index (χ2n) is 7.76. The maximum atomic E-state index is 12.8. The van der Waals surface area contributed by atoms with Gasteiger partial charge in [0.2, 0.25) is 0 Å². The quantitative estimate of drug-likeness (QED) is 0.282. The van der Waals surface area contributed by atoms with Gasteiger partial charge in [-0.2, -0.15) is 0 Å². The molecule has 7 nitrogen and oxygen atoms in total. The number of anilines is 2. The van der Waals surface area contributed by atoms with Crippen molar-refractivity contribution < 1.29 is 14.7 Å². The van der Waals surface area contributed by atoms with Crippen LogP contribution in [-0.4, -0.2) is 34.7 Å². The third-order valence-electron chi connectivity index (χ3n) is 5.21. The predicted octanol–water partition coefficient (Wildman–Crippen LogP) is 5.24. The van der Waals surface area contributed by atoms with Crippen LogP contribution < -0.4 is 16.0 Å². The van der Waals surface area contributed by atoms with Gasteiger partial charge in [-0.05, 0) is 48.7 Å². The lowest BCUT2D eigenvalue weighted by molar-refractivity contribution is 0.102. The molecule has 0 bridgehead atoms. The van der Waals surface area contributed by atoms with Gasteiger partial charge in [-0.3, -0.25) is 10.1 Å². The number of amides is 3. The molecule has 1 atom stereocenters. The fourth-order valence-corrected chi connectivity index (χ4v) is 4.64. The number of nitrogens with zero attached hydrogens (tertiary/aromatic N) is 1. The molecule has 0 spiro atoms. The Bertz CT molecular complexity index is 1310. The number of urea groups is 1. The predicted molar refractivity (Wildman–Crippen MR) is 137 cm³/mol. The van der Waals surface area contributed by atoms with Crippen molar-refractivity contribution in [3.05, 3.63) is 88.4 Å². The maximum absolute atomic E-state index is 12.8. The molecule has 174 valence electrons. The van der Waals surface area contributed by atoms with E-state index in [4.69, 9.17) is 11.6 Å². The smallest absolute Gasteiger partial charge is 0.321 e. The molecule has 1 heterocycles. The first kappa shape index (κ1) is 23.7. The van der Waals surface area contributed by atoms with Crippen molar-refractivity contribution in [1.29, 1.82) is 0 Å². The molecule has 3 aromatic carbocycles. The van der Waals surface area contributed by atoms with Crippen LogP contribution in [0.5, 0.6) is 0 Å². The van der Waals surface area contributed by atoms with Gasteiger partial charge in [-0.1, -0.05) is 65.4 Å². The summed E-state index contributed by atoms with van der Waals surface area (Å²) in [5.74, 6) is -0.287. The Kier molecular flexibility index (Phi) is 7.42. The Hall–Kier alpha value is -3.46. The highest BCUT2D eigenvalue weighted by Crippen LogP contribution is 2.29. The fraction of sp³-hybridized carbons (Fsp3) is 0.160. The summed E-state index contributed by atoms with van der Waals surface area (Å²) < 4.78 is 0.752. The van der Waals surface area contributed by atoms with Gasteiger partial charge >= 0.3 is 6.03 Å². The number of thiazole rings is 1. The van der Waals surface area contributed by atoms with Gasteiger partial charge < -0.3 is 15.7 Å². The molecule has 3 amide bonds. The SMILES string of the molecule is Cc1cccc(Cl)c1NC(=O)c1ccc2nc(NC(=O)NC(CO)Cc3ccccc3)sc2c1. The van der Waals surface area contributed by atoms with Crippen LogP contribution in [0, 0.1) is 6.92 Å². The Morgan fingerprint density at radius 1 is 1.06 bits per heavy atom. The second-order valence-corrected chi connectivity index (χ2v) is 9.19. The van der Waals surface area contributed by atoms with Gasteiger partial charge in [0, 0.05) is 5.56 Å². The zero-order valence-electron chi connectivity index (χ0n) is 18.3. The van der Waals surface area contributed by atoms with Crippen molar-refractivity contribution in [2.45, 2.75) is 19.4 Å². The molecule has 0 fully saturated rings. The number of hydrogen-bond acceptors (Lipinski definition) is 5. The molecule has 0 aliphatic rings. The number of halogens is 1. The normalized spacial score (nSPS) is 11.7. The Labute approximate surface area is 205 Å². The summed E-state index contributed by atoms with van der Waals surface area (Å²) in [4.78, 5) is 29.6. The van der Waals surface area contributed by atoms with E-state index in [1.807, 2.05) is 49.4 Å². The molecule has 0 aliphatic heterocycles. The number of benzene rings is 3. The number of aromatic nitrogens is 1. The second kappa shape index (κ2) is 10.6. The van der Waals surface area contributed by atoms with Crippen LogP contribution in [0.4, 0.5) is 15.6 Å². The van der Waals surface area contributed by atoms with Crippen molar-refractivity contribution in [2.75, 3.05) is 17.2 Å². The molecule has 0 saturated carbocycles. The molecule has 0 aliphatic carbocycles. The summed E-state index contributed by atoms with van der Waals surface area (Å²) in [6, 6.07) is 19.3. The first-order valence-electron chi connectivity index (χ1n) is 10.6. The van der Waals surface area contributed by atoms with Gasteiger partial charge in [0.15, 0.2) is 5.13 Å². The monoisotopic (exact) mass is 494 g/mol. The number of aliphatic hydroxyl groups is 1. The molecular weight excluding hydrogens is 472 g/mol. The highest BCUT2D eigenvalue weighted by atomic mass is 35.5. The molecule has 0 radical (unpaired) electrons. The summed E-state index contributed by atoms with van der Waals surface area (Å²) in [5, 5.41) is 18.8. The Balaban J connectivity index is 1.42. The third kappa shape index (κ3) is 5.72. The lowest BCUT2D eigenvalue weighted by Gasteiger charge is -2.16. The lowest BCUT2D eigenvalue weighted by atomic mass is 10.1. The first-order chi connectivity index (χ1) is 16.4. The Morgan fingerprint density at radius 3 is 2.59 bits per heavy atom. The lowest BCUT2D eigenvalue weighted by Crippen LogP contribution is -2.41. The number of para-hydroxylation sites is 1. The summed E-state index contributed by atoms with van der Waals surface area (Å²) in [6.07, 6.45) is 0.508. The van der Waals surface area contributed by atoms with Crippen molar-refractivity contribution in [3.63, 3.8) is 0 Å². The van der Waals surface area contributed by atoms with Gasteiger partial charge in [-0.15, -0.1) is 0 Å². The zero-order valence-corrected chi connectivity index (χ0v) is 19.9. The van der Waals surface area contributed by atoms with Crippen molar-refractivity contribution >= 4 is 55.9 Å². The molecule has 1 unspecified atom stereocenters. The summed E-state index contributed by atoms with van der Waals surface area (Å²) in [7, 11) is 0. The van der Waals surface area contributed by atoms with E-state index < -0.39 is 12.1 Å². The van der Waals surface area contributed by atoms with E-state index in [1.54, 1.807) is 24.3 Å². The average Bonchev–Trinajstić information content (AvgIpc) is 3.22. The summed E-state index contributed by atoms with van der Waals surface area (Å²) in [6.45, 7) is 1.68. The van der Waals surface area contributed by atoms with Crippen LogP contribution in [0.15, 0.2) is 66.7 Å². The molecule has 4 N–H and O–H groups in total. The van der Waals surface area contributed by atoms with Crippen LogP contribution >= 0.6 is 22.9 Å². The van der Waals surface area contributed by atoms with E-state index >= 15 is 0 Å². The van der Waals surface area contributed by atoms with Crippen molar-refractivity contribution in [1.82, 2.24) is 10.3 Å². The minimum atomic E-state index is -0.457. The molecule has 4 aromatic rings. The maximum Gasteiger partial charge on any atom is 0.321 e.